The lowest BCUT2D eigenvalue weighted by Gasteiger charge is -2.14. The molecule has 148 valence electrons. The Morgan fingerprint density at radius 2 is 1.59 bits per heavy atom. The smallest absolute Gasteiger partial charge is 0.326 e. The molecule has 0 radical (unpaired) electrons. The summed E-state index contributed by atoms with van der Waals surface area (Å²) in [5, 5.41) is 25.1. The van der Waals surface area contributed by atoms with Crippen LogP contribution in [0.15, 0.2) is 24.5 Å². The Hall–Kier alpha value is -3.17. The Bertz CT molecular complexity index is 638. The van der Waals surface area contributed by atoms with Crippen molar-refractivity contribution in [1.29, 1.82) is 0 Å². The minimum atomic E-state index is -1.28. The van der Waals surface area contributed by atoms with Crippen LogP contribution < -0.4 is 16.0 Å². The van der Waals surface area contributed by atoms with Gasteiger partial charge in [0.25, 0.3) is 5.91 Å². The first-order valence-electron chi connectivity index (χ1n) is 8.57. The lowest BCUT2D eigenvalue weighted by molar-refractivity contribution is -0.140. The molecule has 10 nitrogen and oxygen atoms in total. The van der Waals surface area contributed by atoms with Crippen LogP contribution in [0.4, 0.5) is 4.79 Å². The lowest BCUT2D eigenvalue weighted by atomic mass is 10.1. The van der Waals surface area contributed by atoms with Gasteiger partial charge in [-0.3, -0.25) is 14.6 Å². The number of aliphatic carboxylic acids is 2. The Labute approximate surface area is 156 Å². The number of carbonyl (C=O) groups excluding carboxylic acids is 2. The molecule has 0 spiro atoms. The van der Waals surface area contributed by atoms with E-state index >= 15 is 0 Å². The molecule has 27 heavy (non-hydrogen) atoms. The van der Waals surface area contributed by atoms with E-state index in [1.165, 1.54) is 0 Å². The second-order valence-electron chi connectivity index (χ2n) is 5.78. The molecule has 0 aliphatic carbocycles. The number of nitrogens with one attached hydrogen (secondary N) is 3. The van der Waals surface area contributed by atoms with Gasteiger partial charge in [0.1, 0.15) is 6.04 Å². The molecule has 0 aromatic carbocycles. The molecule has 0 unspecified atom stereocenters. The van der Waals surface area contributed by atoms with Gasteiger partial charge in [-0.15, -0.1) is 0 Å². The van der Waals surface area contributed by atoms with Crippen LogP contribution in [0.25, 0.3) is 0 Å². The van der Waals surface area contributed by atoms with Gasteiger partial charge in [-0.1, -0.05) is 0 Å². The van der Waals surface area contributed by atoms with E-state index in [0.717, 1.165) is 12.8 Å². The molecule has 1 atom stereocenters. The number of unbranched alkanes of at least 4 members (excludes halogenated alkanes) is 2. The Morgan fingerprint density at radius 1 is 0.963 bits per heavy atom. The van der Waals surface area contributed by atoms with Crippen LogP contribution in [-0.2, 0) is 9.59 Å². The second kappa shape index (κ2) is 12.2. The number of carboxylic acid groups (broad SMARTS) is 2. The summed E-state index contributed by atoms with van der Waals surface area (Å²) < 4.78 is 0. The van der Waals surface area contributed by atoms with E-state index in [-0.39, 0.29) is 18.7 Å². The van der Waals surface area contributed by atoms with Gasteiger partial charge in [-0.2, -0.15) is 0 Å². The van der Waals surface area contributed by atoms with Crippen LogP contribution in [-0.4, -0.2) is 58.2 Å². The van der Waals surface area contributed by atoms with Gasteiger partial charge in [0.05, 0.1) is 0 Å². The van der Waals surface area contributed by atoms with Gasteiger partial charge in [0, 0.05) is 37.5 Å². The number of urea groups is 1. The highest BCUT2D eigenvalue weighted by molar-refractivity contribution is 5.93. The van der Waals surface area contributed by atoms with E-state index in [0.29, 0.717) is 25.1 Å². The molecule has 0 aliphatic heterocycles. The van der Waals surface area contributed by atoms with E-state index in [1.54, 1.807) is 24.5 Å². The molecule has 1 heterocycles. The average Bonchev–Trinajstić information content (AvgIpc) is 2.64. The summed E-state index contributed by atoms with van der Waals surface area (Å²) in [5.74, 6) is -2.58. The number of hydrogen-bond donors (Lipinski definition) is 5. The monoisotopic (exact) mass is 380 g/mol. The van der Waals surface area contributed by atoms with Crippen molar-refractivity contribution in [3.63, 3.8) is 0 Å². The highest BCUT2D eigenvalue weighted by Gasteiger charge is 2.20. The van der Waals surface area contributed by atoms with E-state index < -0.39 is 24.0 Å². The fourth-order valence-corrected chi connectivity index (χ4v) is 2.17. The molecule has 1 rings (SSSR count). The second-order valence-corrected chi connectivity index (χ2v) is 5.78. The minimum absolute atomic E-state index is 0.170. The SMILES string of the molecule is O=C(O)CC[C@H](NC(=O)NCCCCCNC(=O)c1ccncc1)C(=O)O. The maximum absolute atomic E-state index is 11.8. The maximum atomic E-state index is 11.8. The number of carboxylic acids is 2. The number of hydrogen-bond acceptors (Lipinski definition) is 5. The zero-order chi connectivity index (χ0) is 20.1. The van der Waals surface area contributed by atoms with Crippen molar-refractivity contribution in [2.24, 2.45) is 0 Å². The van der Waals surface area contributed by atoms with Crippen molar-refractivity contribution in [3.05, 3.63) is 30.1 Å². The summed E-state index contributed by atoms with van der Waals surface area (Å²) in [4.78, 5) is 48.7. The first-order valence-corrected chi connectivity index (χ1v) is 8.57. The zero-order valence-electron chi connectivity index (χ0n) is 14.8. The van der Waals surface area contributed by atoms with E-state index in [2.05, 4.69) is 20.9 Å². The quantitative estimate of drug-likeness (QED) is 0.332. The molecule has 5 N–H and O–H groups in total. The van der Waals surface area contributed by atoms with Crippen LogP contribution in [0.3, 0.4) is 0 Å². The van der Waals surface area contributed by atoms with Gasteiger partial charge in [-0.05, 0) is 37.8 Å². The fourth-order valence-electron chi connectivity index (χ4n) is 2.17. The first kappa shape index (κ1) is 21.9. The van der Waals surface area contributed by atoms with Gasteiger partial charge in [0.2, 0.25) is 0 Å². The molecule has 0 fully saturated rings. The van der Waals surface area contributed by atoms with E-state index in [9.17, 15) is 19.2 Å². The minimum Gasteiger partial charge on any atom is -0.481 e. The van der Waals surface area contributed by atoms with Crippen molar-refractivity contribution < 1.29 is 29.4 Å². The standard InChI is InChI=1S/C17H24N4O6/c22-14(23)5-4-13(16(25)26)21-17(27)20-9-3-1-2-8-19-15(24)12-6-10-18-11-7-12/h6-7,10-11,13H,1-5,8-9H2,(H,19,24)(H,22,23)(H,25,26)(H2,20,21,27)/t13-/m0/s1. The summed E-state index contributed by atoms with van der Waals surface area (Å²) in [7, 11) is 0. The largest absolute Gasteiger partial charge is 0.481 e. The highest BCUT2D eigenvalue weighted by Crippen LogP contribution is 1.99. The van der Waals surface area contributed by atoms with Gasteiger partial charge in [-0.25, -0.2) is 9.59 Å². The predicted molar refractivity (Wildman–Crippen MR) is 95.2 cm³/mol. The number of carbonyl (C=O) groups is 4. The maximum Gasteiger partial charge on any atom is 0.326 e. The van der Waals surface area contributed by atoms with E-state index in [4.69, 9.17) is 10.2 Å². The summed E-state index contributed by atoms with van der Waals surface area (Å²) >= 11 is 0. The van der Waals surface area contributed by atoms with Crippen LogP contribution in [0.2, 0.25) is 0 Å². The van der Waals surface area contributed by atoms with Crippen molar-refractivity contribution in [2.75, 3.05) is 13.1 Å². The lowest BCUT2D eigenvalue weighted by Crippen LogP contribution is -2.46. The first-order chi connectivity index (χ1) is 12.9. The summed E-state index contributed by atoms with van der Waals surface area (Å²) in [6.07, 6.45) is 4.71. The van der Waals surface area contributed by atoms with Crippen molar-refractivity contribution in [3.8, 4) is 0 Å². The van der Waals surface area contributed by atoms with Crippen LogP contribution in [0.5, 0.6) is 0 Å². The number of nitrogens with zero attached hydrogens (tertiary/aromatic N) is 1. The predicted octanol–water partition coefficient (Wildman–Crippen LogP) is 0.599. The Morgan fingerprint density at radius 3 is 2.19 bits per heavy atom. The normalized spacial score (nSPS) is 11.3. The highest BCUT2D eigenvalue weighted by atomic mass is 16.4. The Balaban J connectivity index is 2.11. The molecule has 1 aromatic rings. The van der Waals surface area contributed by atoms with Crippen molar-refractivity contribution >= 4 is 23.9 Å². The topological polar surface area (TPSA) is 158 Å². The number of amides is 3. The number of aromatic nitrogens is 1. The molecule has 3 amide bonds. The summed E-state index contributed by atoms with van der Waals surface area (Å²) in [5.41, 5.74) is 0.541. The fraction of sp³-hybridized carbons (Fsp3) is 0.471. The zero-order valence-corrected chi connectivity index (χ0v) is 14.8. The molecular weight excluding hydrogens is 356 g/mol. The van der Waals surface area contributed by atoms with Crippen LogP contribution in [0.1, 0.15) is 42.5 Å². The molecule has 0 aliphatic rings. The van der Waals surface area contributed by atoms with Gasteiger partial charge < -0.3 is 26.2 Å². The van der Waals surface area contributed by atoms with Crippen molar-refractivity contribution in [1.82, 2.24) is 20.9 Å². The molecule has 1 aromatic heterocycles. The third-order valence-electron chi connectivity index (χ3n) is 3.62. The Kier molecular flexibility index (Phi) is 9.90. The van der Waals surface area contributed by atoms with Crippen molar-refractivity contribution in [2.45, 2.75) is 38.1 Å². The van der Waals surface area contributed by atoms with Gasteiger partial charge >= 0.3 is 18.0 Å². The van der Waals surface area contributed by atoms with Crippen LogP contribution >= 0.6 is 0 Å². The van der Waals surface area contributed by atoms with E-state index in [1.807, 2.05) is 0 Å². The molecule has 0 saturated carbocycles. The molecule has 10 heteroatoms. The van der Waals surface area contributed by atoms with Crippen LogP contribution in [0, 0.1) is 0 Å². The third-order valence-corrected chi connectivity index (χ3v) is 3.62. The summed E-state index contributed by atoms with van der Waals surface area (Å²) in [6.45, 7) is 0.846. The molecule has 0 bridgehead atoms. The average molecular weight is 380 g/mol. The number of pyridine rings is 1. The third kappa shape index (κ3) is 9.78. The molecule has 0 saturated heterocycles. The summed E-state index contributed by atoms with van der Waals surface area (Å²) in [6, 6.07) is 1.35. The van der Waals surface area contributed by atoms with Gasteiger partial charge in [0.15, 0.2) is 0 Å². The molecular formula is C17H24N4O6. The number of rotatable bonds is 12.